The molecule has 0 bridgehead atoms. The smallest absolute Gasteiger partial charge is 0.320 e. The second-order valence-electron chi connectivity index (χ2n) is 7.53. The summed E-state index contributed by atoms with van der Waals surface area (Å²) in [6, 6.07) is 6.31. The Morgan fingerprint density at radius 3 is 2.50 bits per heavy atom. The number of halogens is 3. The summed E-state index contributed by atoms with van der Waals surface area (Å²) in [5, 5.41) is 6.82. The quantitative estimate of drug-likeness (QED) is 0.621. The standard InChI is InChI=1S/C23H19F3N4O2/c1-14-10-18(12-27-21(14)15-2-8-20(31)9-3-15)29-22(32)16-11-28-30(13-16)19-6-4-17(5-7-19)23(24,25)26/h2,4-7,10-13H,3,8-9H2,1H3,(H,29,32). The van der Waals surface area contributed by atoms with Crippen LogP contribution in [0.25, 0.3) is 11.3 Å². The lowest BCUT2D eigenvalue weighted by molar-refractivity contribution is -0.137. The third kappa shape index (κ3) is 4.61. The van der Waals surface area contributed by atoms with Gasteiger partial charge in [0.25, 0.3) is 5.91 Å². The van der Waals surface area contributed by atoms with Crippen LogP contribution in [0.2, 0.25) is 0 Å². The highest BCUT2D eigenvalue weighted by atomic mass is 19.4. The fourth-order valence-corrected chi connectivity index (χ4v) is 3.50. The number of alkyl halides is 3. The lowest BCUT2D eigenvalue weighted by atomic mass is 9.94. The van der Waals surface area contributed by atoms with E-state index < -0.39 is 17.6 Å². The molecule has 1 aromatic carbocycles. The average Bonchev–Trinajstić information content (AvgIpc) is 3.25. The van der Waals surface area contributed by atoms with Crippen LogP contribution in [0, 0.1) is 6.92 Å². The molecule has 0 saturated heterocycles. The van der Waals surface area contributed by atoms with Crippen molar-refractivity contribution in [2.24, 2.45) is 0 Å². The minimum Gasteiger partial charge on any atom is -0.320 e. The average molecular weight is 440 g/mol. The second kappa shape index (κ2) is 8.41. The summed E-state index contributed by atoms with van der Waals surface area (Å²) < 4.78 is 39.5. The van der Waals surface area contributed by atoms with Gasteiger partial charge in [0.15, 0.2) is 0 Å². The molecular formula is C23H19F3N4O2. The number of nitrogens with zero attached hydrogens (tertiary/aromatic N) is 3. The minimum atomic E-state index is -4.42. The van der Waals surface area contributed by atoms with Crippen molar-refractivity contribution in [1.29, 1.82) is 0 Å². The van der Waals surface area contributed by atoms with E-state index in [1.165, 1.54) is 29.2 Å². The van der Waals surface area contributed by atoms with Gasteiger partial charge in [-0.25, -0.2) is 4.68 Å². The largest absolute Gasteiger partial charge is 0.416 e. The van der Waals surface area contributed by atoms with Crippen molar-refractivity contribution in [3.63, 3.8) is 0 Å². The van der Waals surface area contributed by atoms with Gasteiger partial charge >= 0.3 is 6.18 Å². The molecule has 3 aromatic rings. The van der Waals surface area contributed by atoms with Crippen LogP contribution in [-0.4, -0.2) is 26.5 Å². The monoisotopic (exact) mass is 440 g/mol. The van der Waals surface area contributed by atoms with Gasteiger partial charge in [-0.05, 0) is 54.8 Å². The fraction of sp³-hybridized carbons (Fsp3) is 0.217. The van der Waals surface area contributed by atoms with Gasteiger partial charge in [-0.2, -0.15) is 18.3 Å². The van der Waals surface area contributed by atoms with Gasteiger partial charge in [0.2, 0.25) is 0 Å². The Bertz CT molecular complexity index is 1210. The highest BCUT2D eigenvalue weighted by molar-refractivity contribution is 6.04. The highest BCUT2D eigenvalue weighted by Crippen LogP contribution is 2.30. The Kier molecular flexibility index (Phi) is 5.65. The summed E-state index contributed by atoms with van der Waals surface area (Å²) >= 11 is 0. The number of hydrogen-bond donors (Lipinski definition) is 1. The molecule has 0 radical (unpaired) electrons. The van der Waals surface area contributed by atoms with Crippen molar-refractivity contribution in [1.82, 2.24) is 14.8 Å². The number of allylic oxidation sites excluding steroid dienone is 2. The lowest BCUT2D eigenvalue weighted by Crippen LogP contribution is -2.12. The number of rotatable bonds is 4. The van der Waals surface area contributed by atoms with Crippen molar-refractivity contribution in [3.05, 3.63) is 77.4 Å². The van der Waals surface area contributed by atoms with Crippen LogP contribution in [0.5, 0.6) is 0 Å². The topological polar surface area (TPSA) is 76.9 Å². The minimum absolute atomic E-state index is 0.215. The van der Waals surface area contributed by atoms with Gasteiger partial charge in [0.1, 0.15) is 5.78 Å². The van der Waals surface area contributed by atoms with Crippen molar-refractivity contribution in [3.8, 4) is 5.69 Å². The summed E-state index contributed by atoms with van der Waals surface area (Å²) in [7, 11) is 0. The van der Waals surface area contributed by atoms with E-state index in [4.69, 9.17) is 0 Å². The number of hydrogen-bond acceptors (Lipinski definition) is 4. The number of ketones is 1. The molecule has 0 saturated carbocycles. The van der Waals surface area contributed by atoms with Crippen LogP contribution in [0.15, 0.2) is 55.0 Å². The van der Waals surface area contributed by atoms with E-state index >= 15 is 0 Å². The molecule has 2 aromatic heterocycles. The van der Waals surface area contributed by atoms with Crippen molar-refractivity contribution in [2.75, 3.05) is 5.32 Å². The van der Waals surface area contributed by atoms with E-state index in [9.17, 15) is 22.8 Å². The number of carbonyl (C=O) groups is 2. The van der Waals surface area contributed by atoms with Gasteiger partial charge < -0.3 is 5.32 Å². The first-order valence-corrected chi connectivity index (χ1v) is 9.92. The molecule has 4 rings (SSSR count). The van der Waals surface area contributed by atoms with Crippen molar-refractivity contribution in [2.45, 2.75) is 32.4 Å². The number of amides is 1. The Hall–Kier alpha value is -3.75. The van der Waals surface area contributed by atoms with Crippen LogP contribution >= 0.6 is 0 Å². The number of carbonyl (C=O) groups excluding carboxylic acids is 2. The number of aryl methyl sites for hydroxylation is 1. The number of benzene rings is 1. The Morgan fingerprint density at radius 2 is 1.88 bits per heavy atom. The van der Waals surface area contributed by atoms with Gasteiger partial charge in [-0.3, -0.25) is 14.6 Å². The predicted octanol–water partition coefficient (Wildman–Crippen LogP) is 4.98. The van der Waals surface area contributed by atoms with E-state index in [-0.39, 0.29) is 11.3 Å². The van der Waals surface area contributed by atoms with Crippen molar-refractivity contribution >= 4 is 23.0 Å². The summed E-state index contributed by atoms with van der Waals surface area (Å²) in [5.74, 6) is -0.202. The number of nitrogens with one attached hydrogen (secondary N) is 1. The molecule has 0 atom stereocenters. The molecule has 1 aliphatic rings. The third-order valence-corrected chi connectivity index (χ3v) is 5.19. The van der Waals surface area contributed by atoms with Gasteiger partial charge in [-0.15, -0.1) is 0 Å². The normalized spacial score (nSPS) is 14.2. The maximum atomic E-state index is 12.7. The highest BCUT2D eigenvalue weighted by Gasteiger charge is 2.30. The third-order valence-electron chi connectivity index (χ3n) is 5.19. The maximum absolute atomic E-state index is 12.7. The SMILES string of the molecule is Cc1cc(NC(=O)c2cnn(-c3ccc(C(F)(F)F)cc3)c2)cnc1C1=CCC(=O)CC1. The summed E-state index contributed by atoms with van der Waals surface area (Å²) in [5.41, 5.74) is 3.12. The summed E-state index contributed by atoms with van der Waals surface area (Å²) in [6.07, 6.45) is 3.39. The van der Waals surface area contributed by atoms with Crippen LogP contribution in [0.3, 0.4) is 0 Å². The van der Waals surface area contributed by atoms with Gasteiger partial charge in [0.05, 0.1) is 40.6 Å². The van der Waals surface area contributed by atoms with E-state index in [0.29, 0.717) is 30.6 Å². The zero-order chi connectivity index (χ0) is 22.9. The lowest BCUT2D eigenvalue weighted by Gasteiger charge is -2.14. The maximum Gasteiger partial charge on any atom is 0.416 e. The van der Waals surface area contributed by atoms with E-state index in [1.54, 1.807) is 12.3 Å². The zero-order valence-corrected chi connectivity index (χ0v) is 17.1. The van der Waals surface area contributed by atoms with Gasteiger partial charge in [-0.1, -0.05) is 6.08 Å². The number of aromatic nitrogens is 3. The zero-order valence-electron chi connectivity index (χ0n) is 17.1. The second-order valence-corrected chi connectivity index (χ2v) is 7.53. The van der Waals surface area contributed by atoms with Crippen molar-refractivity contribution < 1.29 is 22.8 Å². The number of pyridine rings is 1. The Morgan fingerprint density at radius 1 is 1.12 bits per heavy atom. The molecule has 6 nitrogen and oxygen atoms in total. The van der Waals surface area contributed by atoms with Gasteiger partial charge in [0, 0.05) is 19.0 Å². The van der Waals surface area contributed by atoms with Crippen LogP contribution in [-0.2, 0) is 11.0 Å². The van der Waals surface area contributed by atoms with E-state index in [2.05, 4.69) is 15.4 Å². The first kappa shape index (κ1) is 21.5. The summed E-state index contributed by atoms with van der Waals surface area (Å²) in [4.78, 5) is 28.5. The first-order valence-electron chi connectivity index (χ1n) is 9.92. The molecule has 32 heavy (non-hydrogen) atoms. The molecule has 0 aliphatic heterocycles. The van der Waals surface area contributed by atoms with Crippen LogP contribution in [0.1, 0.15) is 46.4 Å². The summed E-state index contributed by atoms with van der Waals surface area (Å²) in [6.45, 7) is 1.89. The Labute approximate surface area is 181 Å². The molecule has 0 unspecified atom stereocenters. The molecule has 2 heterocycles. The fourth-order valence-electron chi connectivity index (χ4n) is 3.50. The molecular weight excluding hydrogens is 421 g/mol. The number of anilines is 1. The molecule has 1 aliphatic carbocycles. The predicted molar refractivity (Wildman–Crippen MR) is 112 cm³/mol. The van der Waals surface area contributed by atoms with Crippen LogP contribution in [0.4, 0.5) is 18.9 Å². The Balaban J connectivity index is 1.46. The molecule has 1 amide bonds. The number of Topliss-reactive ketones (excluding diaryl/α,β-unsaturated/α-hetero) is 1. The first-order chi connectivity index (χ1) is 15.2. The van der Waals surface area contributed by atoms with Crippen LogP contribution < -0.4 is 5.32 Å². The molecule has 9 heteroatoms. The molecule has 0 fully saturated rings. The van der Waals surface area contributed by atoms with E-state index in [0.717, 1.165) is 29.0 Å². The molecule has 164 valence electrons. The molecule has 1 N–H and O–H groups in total. The molecule has 0 spiro atoms. The van der Waals surface area contributed by atoms with E-state index in [1.807, 2.05) is 13.0 Å².